The predicted octanol–water partition coefficient (Wildman–Crippen LogP) is 2.63. The van der Waals surface area contributed by atoms with Gasteiger partial charge in [-0.3, -0.25) is 0 Å². The molecule has 0 aromatic heterocycles. The molecular weight excluding hydrogens is 375 g/mol. The average molecular weight is 394 g/mol. The molecule has 19 heavy (non-hydrogen) atoms. The van der Waals surface area contributed by atoms with Crippen molar-refractivity contribution in [1.29, 1.82) is 0 Å². The first-order valence-corrected chi connectivity index (χ1v) is 7.49. The Hall–Kier alpha value is -0.760. The quantitative estimate of drug-likeness (QED) is 0.530. The van der Waals surface area contributed by atoms with E-state index in [-0.39, 0.29) is 5.75 Å². The monoisotopic (exact) mass is 394 g/mol. The molecule has 0 amide bonds. The summed E-state index contributed by atoms with van der Waals surface area (Å²) in [5.74, 6) is 1.17. The number of rotatable bonds is 5. The van der Waals surface area contributed by atoms with Crippen molar-refractivity contribution >= 4 is 39.9 Å². The molecule has 0 saturated carbocycles. The van der Waals surface area contributed by atoms with E-state index in [1.165, 1.54) is 7.11 Å². The molecule has 6 heteroatoms. The number of phenolic OH excluding ortho intramolecular Hbond substituents is 1. The highest BCUT2D eigenvalue weighted by Crippen LogP contribution is 2.30. The van der Waals surface area contributed by atoms with E-state index in [4.69, 9.17) is 17.0 Å². The van der Waals surface area contributed by atoms with E-state index in [9.17, 15) is 5.11 Å². The third-order valence-electron chi connectivity index (χ3n) is 2.46. The molecule has 0 aliphatic heterocycles. The standard InChI is InChI=1S/C13H19IN2O2S/c1-8(2)6-15-13(19)16-7-9-4-12(18-3)11(17)5-10(9)14/h4-5,8,17H,6-7H2,1-3H3,(H2,15,16,19). The van der Waals surface area contributed by atoms with Crippen molar-refractivity contribution in [3.05, 3.63) is 21.3 Å². The lowest BCUT2D eigenvalue weighted by Gasteiger charge is -2.14. The number of nitrogens with one attached hydrogen (secondary N) is 2. The lowest BCUT2D eigenvalue weighted by molar-refractivity contribution is 0.372. The van der Waals surface area contributed by atoms with E-state index < -0.39 is 0 Å². The van der Waals surface area contributed by atoms with Crippen molar-refractivity contribution in [2.45, 2.75) is 20.4 Å². The molecule has 0 heterocycles. The maximum absolute atomic E-state index is 9.65. The molecule has 1 aromatic carbocycles. The Labute approximate surface area is 133 Å². The Morgan fingerprint density at radius 3 is 2.68 bits per heavy atom. The van der Waals surface area contributed by atoms with Gasteiger partial charge in [0.1, 0.15) is 0 Å². The fraction of sp³-hybridized carbons (Fsp3) is 0.462. The van der Waals surface area contributed by atoms with Crippen LogP contribution in [0.2, 0.25) is 0 Å². The van der Waals surface area contributed by atoms with E-state index >= 15 is 0 Å². The maximum Gasteiger partial charge on any atom is 0.166 e. The van der Waals surface area contributed by atoms with Crippen LogP contribution in [0.5, 0.6) is 11.5 Å². The Bertz CT molecular complexity index is 453. The molecule has 0 fully saturated rings. The Balaban J connectivity index is 2.60. The summed E-state index contributed by atoms with van der Waals surface area (Å²) in [5, 5.41) is 16.6. The average Bonchev–Trinajstić information content (AvgIpc) is 2.35. The third-order valence-corrected chi connectivity index (χ3v) is 3.75. The number of phenols is 1. The number of aromatic hydroxyl groups is 1. The van der Waals surface area contributed by atoms with Crippen LogP contribution in [0, 0.1) is 9.49 Å². The summed E-state index contributed by atoms with van der Waals surface area (Å²) in [6.45, 7) is 5.70. The second kappa shape index (κ2) is 7.74. The summed E-state index contributed by atoms with van der Waals surface area (Å²) in [4.78, 5) is 0. The van der Waals surface area contributed by atoms with Gasteiger partial charge >= 0.3 is 0 Å². The minimum absolute atomic E-state index is 0.149. The van der Waals surface area contributed by atoms with Gasteiger partial charge in [-0.2, -0.15) is 0 Å². The highest BCUT2D eigenvalue weighted by molar-refractivity contribution is 14.1. The zero-order valence-corrected chi connectivity index (χ0v) is 14.3. The van der Waals surface area contributed by atoms with Gasteiger partial charge in [0.2, 0.25) is 0 Å². The van der Waals surface area contributed by atoms with Gasteiger partial charge in [0.15, 0.2) is 16.6 Å². The number of hydrogen-bond acceptors (Lipinski definition) is 3. The van der Waals surface area contributed by atoms with E-state index in [0.29, 0.717) is 23.3 Å². The number of halogens is 1. The molecule has 0 unspecified atom stereocenters. The van der Waals surface area contributed by atoms with E-state index in [1.807, 2.05) is 6.07 Å². The summed E-state index contributed by atoms with van der Waals surface area (Å²) in [5.41, 5.74) is 1.03. The normalized spacial score (nSPS) is 10.4. The van der Waals surface area contributed by atoms with Gasteiger partial charge in [0.05, 0.1) is 7.11 Å². The minimum Gasteiger partial charge on any atom is -0.504 e. The summed E-state index contributed by atoms with van der Waals surface area (Å²) in [6, 6.07) is 3.50. The van der Waals surface area contributed by atoms with Crippen LogP contribution in [0.25, 0.3) is 0 Å². The van der Waals surface area contributed by atoms with Crippen LogP contribution in [0.1, 0.15) is 19.4 Å². The third kappa shape index (κ3) is 5.40. The van der Waals surface area contributed by atoms with Gasteiger partial charge in [-0.05, 0) is 58.4 Å². The molecule has 4 nitrogen and oxygen atoms in total. The summed E-state index contributed by atoms with van der Waals surface area (Å²) in [6.07, 6.45) is 0. The SMILES string of the molecule is COc1cc(CNC(=S)NCC(C)C)c(I)cc1O. The number of thiocarbonyl (C=S) groups is 1. The van der Waals surface area contributed by atoms with Crippen LogP contribution in [-0.2, 0) is 6.54 Å². The first-order chi connectivity index (χ1) is 8.93. The van der Waals surface area contributed by atoms with Crippen molar-refractivity contribution in [3.8, 4) is 11.5 Å². The number of benzene rings is 1. The largest absolute Gasteiger partial charge is 0.504 e. The van der Waals surface area contributed by atoms with Crippen LogP contribution >= 0.6 is 34.8 Å². The molecule has 0 saturated heterocycles. The molecule has 1 aromatic rings. The van der Waals surface area contributed by atoms with Crippen molar-refractivity contribution in [3.63, 3.8) is 0 Å². The highest BCUT2D eigenvalue weighted by Gasteiger charge is 2.08. The first-order valence-electron chi connectivity index (χ1n) is 6.01. The Morgan fingerprint density at radius 2 is 2.11 bits per heavy atom. The number of ether oxygens (including phenoxy) is 1. The zero-order chi connectivity index (χ0) is 14.4. The van der Waals surface area contributed by atoms with E-state index in [2.05, 4.69) is 47.1 Å². The van der Waals surface area contributed by atoms with Gasteiger partial charge in [-0.15, -0.1) is 0 Å². The van der Waals surface area contributed by atoms with Crippen LogP contribution < -0.4 is 15.4 Å². The molecule has 0 radical (unpaired) electrons. The predicted molar refractivity (Wildman–Crippen MR) is 89.7 cm³/mol. The Morgan fingerprint density at radius 1 is 1.42 bits per heavy atom. The molecule has 0 spiro atoms. The molecule has 0 aliphatic carbocycles. The Kier molecular flexibility index (Phi) is 6.64. The smallest absolute Gasteiger partial charge is 0.166 e. The van der Waals surface area contributed by atoms with Gasteiger partial charge in [-0.25, -0.2) is 0 Å². The summed E-state index contributed by atoms with van der Waals surface area (Å²) >= 11 is 7.38. The van der Waals surface area contributed by atoms with E-state index in [1.54, 1.807) is 6.07 Å². The first kappa shape index (κ1) is 16.3. The van der Waals surface area contributed by atoms with Crippen molar-refractivity contribution < 1.29 is 9.84 Å². The van der Waals surface area contributed by atoms with Crippen LogP contribution in [0.3, 0.4) is 0 Å². The maximum atomic E-state index is 9.65. The number of hydrogen-bond donors (Lipinski definition) is 3. The minimum atomic E-state index is 0.149. The second-order valence-corrected chi connectivity index (χ2v) is 6.14. The highest BCUT2D eigenvalue weighted by atomic mass is 127. The number of methoxy groups -OCH3 is 1. The summed E-state index contributed by atoms with van der Waals surface area (Å²) in [7, 11) is 1.54. The summed E-state index contributed by atoms with van der Waals surface area (Å²) < 4.78 is 6.06. The van der Waals surface area contributed by atoms with Gasteiger partial charge in [0.25, 0.3) is 0 Å². The van der Waals surface area contributed by atoms with E-state index in [0.717, 1.165) is 15.7 Å². The lowest BCUT2D eigenvalue weighted by atomic mass is 10.2. The second-order valence-electron chi connectivity index (χ2n) is 4.57. The van der Waals surface area contributed by atoms with Crippen LogP contribution in [0.15, 0.2) is 12.1 Å². The zero-order valence-electron chi connectivity index (χ0n) is 11.3. The molecule has 0 aliphatic rings. The molecule has 0 atom stereocenters. The van der Waals surface area contributed by atoms with Gasteiger partial charge in [0, 0.05) is 16.7 Å². The molecule has 106 valence electrons. The molecule has 3 N–H and O–H groups in total. The van der Waals surface area contributed by atoms with Crippen molar-refractivity contribution in [2.24, 2.45) is 5.92 Å². The fourth-order valence-corrected chi connectivity index (χ4v) is 2.22. The van der Waals surface area contributed by atoms with Crippen molar-refractivity contribution in [1.82, 2.24) is 10.6 Å². The molecule has 0 bridgehead atoms. The topological polar surface area (TPSA) is 53.5 Å². The fourth-order valence-electron chi connectivity index (χ4n) is 1.42. The molecular formula is C13H19IN2O2S. The van der Waals surface area contributed by atoms with Crippen molar-refractivity contribution in [2.75, 3.05) is 13.7 Å². The lowest BCUT2D eigenvalue weighted by Crippen LogP contribution is -2.36. The van der Waals surface area contributed by atoms with Crippen LogP contribution in [-0.4, -0.2) is 23.9 Å². The molecule has 1 rings (SSSR count). The van der Waals surface area contributed by atoms with Gasteiger partial charge < -0.3 is 20.5 Å². The van der Waals surface area contributed by atoms with Crippen LogP contribution in [0.4, 0.5) is 0 Å². The van der Waals surface area contributed by atoms with Gasteiger partial charge in [-0.1, -0.05) is 13.8 Å².